The first kappa shape index (κ1) is 28.5. The van der Waals surface area contributed by atoms with E-state index in [4.69, 9.17) is 24.3 Å². The van der Waals surface area contributed by atoms with Gasteiger partial charge in [-0.15, -0.1) is 5.10 Å². The Bertz CT molecular complexity index is 1570. The van der Waals surface area contributed by atoms with Crippen LogP contribution in [-0.2, 0) is 4.79 Å². The third-order valence-corrected chi connectivity index (χ3v) is 7.39. The van der Waals surface area contributed by atoms with Crippen LogP contribution in [0.15, 0.2) is 78.0 Å². The number of carbonyl (C=O) groups is 1. The number of rotatable bonds is 10. The minimum absolute atomic E-state index is 0.267. The molecule has 0 saturated carbocycles. The number of benzene rings is 3. The molecule has 218 valence electrons. The molecule has 1 aromatic heterocycles. The van der Waals surface area contributed by atoms with Crippen LogP contribution in [0, 0.1) is 0 Å². The van der Waals surface area contributed by atoms with Crippen LogP contribution in [0.1, 0.15) is 32.4 Å². The lowest BCUT2D eigenvalue weighted by Crippen LogP contribution is -2.31. The van der Waals surface area contributed by atoms with E-state index in [1.807, 2.05) is 61.5 Å². The lowest BCUT2D eigenvalue weighted by Gasteiger charge is -2.29. The highest BCUT2D eigenvalue weighted by Crippen LogP contribution is 2.44. The average Bonchev–Trinajstić information content (AvgIpc) is 3.44. The molecule has 10 heteroatoms. The van der Waals surface area contributed by atoms with Crippen LogP contribution >= 0.6 is 0 Å². The highest BCUT2D eigenvalue weighted by atomic mass is 16.5. The van der Waals surface area contributed by atoms with Crippen molar-refractivity contribution >= 4 is 23.2 Å². The fourth-order valence-corrected chi connectivity index (χ4v) is 5.26. The SMILES string of the molecule is CCN(CC)c1ccc(-c2nc3n(n2)C(c2cc(OC)c(OC)c(OC)c2)C(C(=O)Nc2ccccc2)=C(C)N3)cc1. The van der Waals surface area contributed by atoms with Gasteiger partial charge in [0.05, 0.1) is 26.9 Å². The van der Waals surface area contributed by atoms with E-state index in [0.29, 0.717) is 46.0 Å². The smallest absolute Gasteiger partial charge is 0.255 e. The van der Waals surface area contributed by atoms with Gasteiger partial charge < -0.3 is 29.7 Å². The summed E-state index contributed by atoms with van der Waals surface area (Å²) in [6.45, 7) is 7.98. The summed E-state index contributed by atoms with van der Waals surface area (Å²) in [4.78, 5) is 21.0. The van der Waals surface area contributed by atoms with Gasteiger partial charge >= 0.3 is 0 Å². The quantitative estimate of drug-likeness (QED) is 0.250. The molecule has 1 aliphatic heterocycles. The maximum Gasteiger partial charge on any atom is 0.255 e. The number of aromatic nitrogens is 3. The predicted molar refractivity (Wildman–Crippen MR) is 165 cm³/mol. The van der Waals surface area contributed by atoms with E-state index in [1.165, 1.54) is 0 Å². The summed E-state index contributed by atoms with van der Waals surface area (Å²) in [5.41, 5.74) is 4.55. The molecule has 1 amide bonds. The number of nitrogens with one attached hydrogen (secondary N) is 2. The van der Waals surface area contributed by atoms with Crippen molar-refractivity contribution in [2.24, 2.45) is 0 Å². The molecule has 1 unspecified atom stereocenters. The number of methoxy groups -OCH3 is 3. The van der Waals surface area contributed by atoms with Gasteiger partial charge in [0.2, 0.25) is 11.7 Å². The monoisotopic (exact) mass is 568 g/mol. The first-order chi connectivity index (χ1) is 20.4. The van der Waals surface area contributed by atoms with Crippen LogP contribution in [0.4, 0.5) is 17.3 Å². The van der Waals surface area contributed by atoms with Gasteiger partial charge in [-0.25, -0.2) is 4.68 Å². The lowest BCUT2D eigenvalue weighted by molar-refractivity contribution is -0.113. The number of anilines is 3. The summed E-state index contributed by atoms with van der Waals surface area (Å²) in [5, 5.41) is 11.3. The second-order valence-corrected chi connectivity index (χ2v) is 9.77. The number of hydrogen-bond acceptors (Lipinski definition) is 8. The Hall–Kier alpha value is -4.99. The Balaban J connectivity index is 1.63. The number of carbonyl (C=O) groups excluding carboxylic acids is 1. The van der Waals surface area contributed by atoms with Gasteiger partial charge in [-0.05, 0) is 74.9 Å². The fourth-order valence-electron chi connectivity index (χ4n) is 5.26. The summed E-state index contributed by atoms with van der Waals surface area (Å²) in [6, 6.07) is 20.6. The molecule has 0 saturated heterocycles. The van der Waals surface area contributed by atoms with Crippen LogP contribution in [0.25, 0.3) is 11.4 Å². The van der Waals surface area contributed by atoms with Crippen molar-refractivity contribution in [1.82, 2.24) is 14.8 Å². The number of allylic oxidation sites excluding steroid dienone is 1. The van der Waals surface area contributed by atoms with Crippen LogP contribution in [-0.4, -0.2) is 55.1 Å². The van der Waals surface area contributed by atoms with Gasteiger partial charge in [-0.1, -0.05) is 18.2 Å². The molecule has 0 bridgehead atoms. The summed E-state index contributed by atoms with van der Waals surface area (Å²) in [6.07, 6.45) is 0. The van der Waals surface area contributed by atoms with Crippen molar-refractivity contribution in [3.8, 4) is 28.6 Å². The Morgan fingerprint density at radius 1 is 0.952 bits per heavy atom. The average molecular weight is 569 g/mol. The highest BCUT2D eigenvalue weighted by Gasteiger charge is 2.36. The molecule has 2 N–H and O–H groups in total. The van der Waals surface area contributed by atoms with E-state index in [9.17, 15) is 4.79 Å². The van der Waals surface area contributed by atoms with E-state index in [2.05, 4.69) is 41.5 Å². The number of nitrogens with zero attached hydrogens (tertiary/aromatic N) is 4. The molecule has 4 aromatic rings. The summed E-state index contributed by atoms with van der Waals surface area (Å²) in [5.74, 6) is 2.20. The van der Waals surface area contributed by atoms with Crippen molar-refractivity contribution in [2.75, 3.05) is 50.0 Å². The molecule has 0 aliphatic carbocycles. The van der Waals surface area contributed by atoms with Gasteiger partial charge in [-0.3, -0.25) is 4.79 Å². The summed E-state index contributed by atoms with van der Waals surface area (Å²) >= 11 is 0. The molecule has 1 aliphatic rings. The molecule has 5 rings (SSSR count). The van der Waals surface area contributed by atoms with Crippen LogP contribution in [0.3, 0.4) is 0 Å². The summed E-state index contributed by atoms with van der Waals surface area (Å²) < 4.78 is 18.6. The maximum atomic E-state index is 13.9. The molecule has 1 atom stereocenters. The Morgan fingerprint density at radius 2 is 1.60 bits per heavy atom. The number of amides is 1. The topological polar surface area (TPSA) is 103 Å². The predicted octanol–water partition coefficient (Wildman–Crippen LogP) is 5.74. The van der Waals surface area contributed by atoms with E-state index >= 15 is 0 Å². The lowest BCUT2D eigenvalue weighted by atomic mass is 9.94. The number of para-hydroxylation sites is 1. The van der Waals surface area contributed by atoms with Crippen molar-refractivity contribution in [3.05, 3.63) is 83.6 Å². The van der Waals surface area contributed by atoms with Crippen LogP contribution < -0.4 is 29.7 Å². The van der Waals surface area contributed by atoms with Crippen LogP contribution in [0.2, 0.25) is 0 Å². The van der Waals surface area contributed by atoms with Gasteiger partial charge in [0.15, 0.2) is 17.3 Å². The second-order valence-electron chi connectivity index (χ2n) is 9.77. The minimum Gasteiger partial charge on any atom is -0.493 e. The van der Waals surface area contributed by atoms with Crippen LogP contribution in [0.5, 0.6) is 17.2 Å². The Labute approximate surface area is 245 Å². The summed E-state index contributed by atoms with van der Waals surface area (Å²) in [7, 11) is 4.68. The van der Waals surface area contributed by atoms with Crippen molar-refractivity contribution in [3.63, 3.8) is 0 Å². The third-order valence-electron chi connectivity index (χ3n) is 7.39. The zero-order chi connectivity index (χ0) is 29.8. The first-order valence-electron chi connectivity index (χ1n) is 13.9. The molecule has 10 nitrogen and oxygen atoms in total. The zero-order valence-corrected chi connectivity index (χ0v) is 24.8. The van der Waals surface area contributed by atoms with E-state index in [1.54, 1.807) is 26.0 Å². The molecule has 2 heterocycles. The molecule has 3 aromatic carbocycles. The molecule has 0 radical (unpaired) electrons. The second kappa shape index (κ2) is 12.3. The first-order valence-corrected chi connectivity index (χ1v) is 13.9. The zero-order valence-electron chi connectivity index (χ0n) is 24.8. The van der Waals surface area contributed by atoms with Gasteiger partial charge in [0.1, 0.15) is 6.04 Å². The van der Waals surface area contributed by atoms with Crippen molar-refractivity contribution in [1.29, 1.82) is 0 Å². The fraction of sp³-hybridized carbons (Fsp3) is 0.281. The molecule has 0 fully saturated rings. The molecule has 42 heavy (non-hydrogen) atoms. The van der Waals surface area contributed by atoms with Crippen molar-refractivity contribution in [2.45, 2.75) is 26.8 Å². The Morgan fingerprint density at radius 3 is 2.17 bits per heavy atom. The van der Waals surface area contributed by atoms with Crippen molar-refractivity contribution < 1.29 is 19.0 Å². The molecular formula is C32H36N6O4. The largest absolute Gasteiger partial charge is 0.493 e. The normalized spacial score (nSPS) is 14.1. The maximum absolute atomic E-state index is 13.9. The van der Waals surface area contributed by atoms with E-state index < -0.39 is 6.04 Å². The molecular weight excluding hydrogens is 532 g/mol. The third kappa shape index (κ3) is 5.35. The Kier molecular flexibility index (Phi) is 8.33. The van der Waals surface area contributed by atoms with Gasteiger partial charge in [0, 0.05) is 35.7 Å². The standard InChI is InChI=1S/C32H36N6O4/c1-7-37(8-2)24-16-14-21(15-17-24)30-35-32-33-20(3)27(31(39)34-23-12-10-9-11-13-23)28(38(32)36-30)22-18-25(40-4)29(42-6)26(19-22)41-5/h9-19,28H,7-8H2,1-6H3,(H,34,39)(H,33,35,36). The number of fused-ring (bicyclic) bond motifs is 1. The van der Waals surface area contributed by atoms with Gasteiger partial charge in [0.25, 0.3) is 5.91 Å². The molecule has 0 spiro atoms. The minimum atomic E-state index is -0.644. The number of ether oxygens (including phenoxy) is 3. The van der Waals surface area contributed by atoms with E-state index in [0.717, 1.165) is 29.9 Å². The van der Waals surface area contributed by atoms with Gasteiger partial charge in [-0.2, -0.15) is 4.98 Å². The number of hydrogen-bond donors (Lipinski definition) is 2. The van der Waals surface area contributed by atoms with E-state index in [-0.39, 0.29) is 5.91 Å². The highest BCUT2D eigenvalue weighted by molar-refractivity contribution is 6.06.